The molecule has 1 aliphatic heterocycles. The topological polar surface area (TPSA) is 29.5 Å². The van der Waals surface area contributed by atoms with Crippen LogP contribution in [0.3, 0.4) is 0 Å². The van der Waals surface area contributed by atoms with Crippen LogP contribution < -0.4 is 4.74 Å². The highest BCUT2D eigenvalue weighted by molar-refractivity contribution is 5.56. The van der Waals surface area contributed by atoms with Gasteiger partial charge in [0.2, 0.25) is 0 Å². The van der Waals surface area contributed by atoms with E-state index < -0.39 is 5.60 Å². The number of aliphatic hydroxyl groups is 1. The van der Waals surface area contributed by atoms with Crippen LogP contribution >= 0.6 is 0 Å². The molecule has 5 rings (SSSR count). The summed E-state index contributed by atoms with van der Waals surface area (Å²) in [5.74, 6) is 1.59. The molecule has 3 aromatic carbocycles. The van der Waals surface area contributed by atoms with Gasteiger partial charge in [-0.3, -0.25) is 0 Å². The van der Waals surface area contributed by atoms with Crippen LogP contribution in [0, 0.1) is 0 Å². The largest absolute Gasteiger partial charge is 0.485 e. The lowest BCUT2D eigenvalue weighted by molar-refractivity contribution is 0.00224. The fourth-order valence-electron chi connectivity index (χ4n) is 5.62. The predicted octanol–water partition coefficient (Wildman–Crippen LogP) is 7.88. The van der Waals surface area contributed by atoms with Gasteiger partial charge in [-0.05, 0) is 42.0 Å². The third kappa shape index (κ3) is 4.73. The van der Waals surface area contributed by atoms with Crippen molar-refractivity contribution in [3.05, 3.63) is 124 Å². The first kappa shape index (κ1) is 23.6. The van der Waals surface area contributed by atoms with Crippen LogP contribution in [0.1, 0.15) is 85.6 Å². The maximum absolute atomic E-state index is 10.4. The van der Waals surface area contributed by atoms with E-state index in [-0.39, 0.29) is 18.4 Å². The number of ether oxygens (including phenoxy) is 1. The smallest absolute Gasteiger partial charge is 0.130 e. The lowest BCUT2D eigenvalue weighted by atomic mass is 9.75. The Morgan fingerprint density at radius 1 is 0.914 bits per heavy atom. The molecule has 0 bridgehead atoms. The second-order valence-corrected chi connectivity index (χ2v) is 10.4. The van der Waals surface area contributed by atoms with Gasteiger partial charge < -0.3 is 9.84 Å². The highest BCUT2D eigenvalue weighted by Gasteiger charge is 2.40. The molecular weight excluding hydrogens is 428 g/mol. The lowest BCUT2D eigenvalue weighted by Gasteiger charge is -2.41. The molecule has 2 aliphatic rings. The van der Waals surface area contributed by atoms with E-state index >= 15 is 0 Å². The van der Waals surface area contributed by atoms with Crippen LogP contribution in [0.5, 0.6) is 5.75 Å². The van der Waals surface area contributed by atoms with Crippen LogP contribution in [-0.4, -0.2) is 17.3 Å². The predicted molar refractivity (Wildman–Crippen MR) is 144 cm³/mol. The number of benzene rings is 3. The van der Waals surface area contributed by atoms with Crippen molar-refractivity contribution in [2.24, 2.45) is 0 Å². The molecule has 180 valence electrons. The van der Waals surface area contributed by atoms with Gasteiger partial charge in [-0.25, -0.2) is 0 Å². The second-order valence-electron chi connectivity index (χ2n) is 10.4. The standard InChI is InChI=1S/C33H36O2/c1-23(25-13-7-4-8-14-25)28-19-29(24(2)26-15-9-5-10-16-26)32-30(20-28)31(21-33(3,22-34)35-32)27-17-11-6-12-18-27/h5-7,9-20,23-24,31,34H,4,8,21-22H2,1-3H3. The number of fused-ring (bicyclic) bond motifs is 1. The first-order chi connectivity index (χ1) is 17.0. The Bertz CT molecular complexity index is 1210. The summed E-state index contributed by atoms with van der Waals surface area (Å²) in [5.41, 5.74) is 7.09. The Kier molecular flexibility index (Phi) is 6.67. The lowest BCUT2D eigenvalue weighted by Crippen LogP contribution is -2.42. The third-order valence-corrected chi connectivity index (χ3v) is 7.85. The van der Waals surface area contributed by atoms with Crippen LogP contribution in [0.25, 0.3) is 0 Å². The molecule has 1 aliphatic carbocycles. The molecule has 0 amide bonds. The van der Waals surface area contributed by atoms with Crippen LogP contribution in [-0.2, 0) is 0 Å². The van der Waals surface area contributed by atoms with E-state index in [1.54, 1.807) is 0 Å². The molecule has 4 unspecified atom stereocenters. The number of allylic oxidation sites excluding steroid dienone is 4. The molecule has 35 heavy (non-hydrogen) atoms. The van der Waals surface area contributed by atoms with E-state index in [2.05, 4.69) is 105 Å². The quantitative estimate of drug-likeness (QED) is 0.402. The minimum absolute atomic E-state index is 0.00916. The maximum atomic E-state index is 10.4. The van der Waals surface area contributed by atoms with Gasteiger partial charge >= 0.3 is 0 Å². The first-order valence-corrected chi connectivity index (χ1v) is 12.9. The summed E-state index contributed by atoms with van der Waals surface area (Å²) in [6, 6.07) is 26.1. The Labute approximate surface area is 210 Å². The van der Waals surface area contributed by atoms with Gasteiger partial charge in [0, 0.05) is 35.3 Å². The van der Waals surface area contributed by atoms with E-state index in [0.717, 1.165) is 25.0 Å². The van der Waals surface area contributed by atoms with Crippen molar-refractivity contribution < 1.29 is 9.84 Å². The average molecular weight is 465 g/mol. The van der Waals surface area contributed by atoms with Gasteiger partial charge in [0.15, 0.2) is 0 Å². The van der Waals surface area contributed by atoms with Gasteiger partial charge in [-0.1, -0.05) is 105 Å². The molecule has 1 heterocycles. The normalized spacial score (nSPS) is 23.1. The summed E-state index contributed by atoms with van der Waals surface area (Å²) in [6.45, 7) is 6.62. The van der Waals surface area contributed by atoms with E-state index in [1.807, 2.05) is 6.92 Å². The van der Waals surface area contributed by atoms with E-state index in [1.165, 1.54) is 33.4 Å². The third-order valence-electron chi connectivity index (χ3n) is 7.85. The van der Waals surface area contributed by atoms with Gasteiger partial charge in [-0.2, -0.15) is 0 Å². The van der Waals surface area contributed by atoms with Crippen LogP contribution in [0.4, 0.5) is 0 Å². The van der Waals surface area contributed by atoms with Crippen molar-refractivity contribution in [1.29, 1.82) is 0 Å². The SMILES string of the molecule is CC(C1=CCCC=C1)c1cc(C(C)c2ccccc2)c2c(c1)C(c1ccccc1)CC(C)(CO)O2. The zero-order valence-corrected chi connectivity index (χ0v) is 21.1. The number of hydrogen-bond donors (Lipinski definition) is 1. The Morgan fingerprint density at radius 2 is 1.63 bits per heavy atom. The summed E-state index contributed by atoms with van der Waals surface area (Å²) in [7, 11) is 0. The van der Waals surface area contributed by atoms with Gasteiger partial charge in [-0.15, -0.1) is 0 Å². The highest BCUT2D eigenvalue weighted by Crippen LogP contribution is 2.50. The fourth-order valence-corrected chi connectivity index (χ4v) is 5.62. The second kappa shape index (κ2) is 9.87. The molecule has 2 nitrogen and oxygen atoms in total. The molecule has 0 aromatic heterocycles. The monoisotopic (exact) mass is 464 g/mol. The van der Waals surface area contributed by atoms with Crippen LogP contribution in [0.15, 0.2) is 96.6 Å². The van der Waals surface area contributed by atoms with E-state index in [0.29, 0.717) is 5.92 Å². The Hall–Kier alpha value is -3.10. The number of rotatable bonds is 6. The molecule has 4 atom stereocenters. The van der Waals surface area contributed by atoms with E-state index in [4.69, 9.17) is 4.74 Å². The van der Waals surface area contributed by atoms with Crippen molar-refractivity contribution in [2.75, 3.05) is 6.61 Å². The number of hydrogen-bond acceptors (Lipinski definition) is 2. The number of aliphatic hydroxyl groups excluding tert-OH is 1. The van der Waals surface area contributed by atoms with Crippen LogP contribution in [0.2, 0.25) is 0 Å². The Balaban J connectivity index is 1.71. The molecule has 0 fully saturated rings. The molecule has 3 aromatic rings. The summed E-state index contributed by atoms with van der Waals surface area (Å²) in [6.07, 6.45) is 9.96. The summed E-state index contributed by atoms with van der Waals surface area (Å²) in [4.78, 5) is 0. The fraction of sp³-hybridized carbons (Fsp3) is 0.333. The minimum atomic E-state index is -0.625. The molecule has 0 spiro atoms. The molecule has 1 N–H and O–H groups in total. The average Bonchev–Trinajstić information content (AvgIpc) is 2.93. The molecule has 0 saturated heterocycles. The van der Waals surface area contributed by atoms with Crippen molar-refractivity contribution in [2.45, 2.75) is 63.4 Å². The Morgan fingerprint density at radius 3 is 2.29 bits per heavy atom. The molecule has 0 saturated carbocycles. The highest BCUT2D eigenvalue weighted by atomic mass is 16.5. The molecule has 0 radical (unpaired) electrons. The minimum Gasteiger partial charge on any atom is -0.485 e. The maximum Gasteiger partial charge on any atom is 0.130 e. The summed E-state index contributed by atoms with van der Waals surface area (Å²) >= 11 is 0. The zero-order valence-electron chi connectivity index (χ0n) is 21.1. The van der Waals surface area contributed by atoms with E-state index in [9.17, 15) is 5.11 Å². The summed E-state index contributed by atoms with van der Waals surface area (Å²) < 4.78 is 6.70. The van der Waals surface area contributed by atoms with Gasteiger partial charge in [0.25, 0.3) is 0 Å². The zero-order chi connectivity index (χ0) is 24.4. The summed E-state index contributed by atoms with van der Waals surface area (Å²) in [5, 5.41) is 10.4. The van der Waals surface area contributed by atoms with Gasteiger partial charge in [0.1, 0.15) is 11.4 Å². The van der Waals surface area contributed by atoms with Crippen molar-refractivity contribution in [3.8, 4) is 5.75 Å². The van der Waals surface area contributed by atoms with Crippen molar-refractivity contribution in [3.63, 3.8) is 0 Å². The van der Waals surface area contributed by atoms with Crippen molar-refractivity contribution >= 4 is 0 Å². The van der Waals surface area contributed by atoms with Gasteiger partial charge in [0.05, 0.1) is 6.61 Å². The molecular formula is C33H36O2. The first-order valence-electron chi connectivity index (χ1n) is 12.9. The molecule has 2 heteroatoms. The van der Waals surface area contributed by atoms with Crippen molar-refractivity contribution in [1.82, 2.24) is 0 Å².